The molecule has 17 heavy (non-hydrogen) atoms. The van der Waals surface area contributed by atoms with Gasteiger partial charge >= 0.3 is 0 Å². The fourth-order valence-electron chi connectivity index (χ4n) is 2.49. The molecule has 1 aliphatic carbocycles. The van der Waals surface area contributed by atoms with E-state index in [1.54, 1.807) is 11.3 Å². The van der Waals surface area contributed by atoms with Crippen molar-refractivity contribution in [1.29, 1.82) is 0 Å². The highest BCUT2D eigenvalue weighted by Gasteiger charge is 2.33. The van der Waals surface area contributed by atoms with Crippen LogP contribution < -0.4 is 4.90 Å². The minimum atomic E-state index is 0.567. The Balaban J connectivity index is 1.86. The number of aldehydes is 1. The van der Waals surface area contributed by atoms with E-state index in [-0.39, 0.29) is 0 Å². The molecule has 92 valence electrons. The van der Waals surface area contributed by atoms with E-state index in [9.17, 15) is 4.79 Å². The van der Waals surface area contributed by atoms with Gasteiger partial charge in [-0.15, -0.1) is 0 Å². The average Bonchev–Trinajstić information content (AvgIpc) is 2.98. The average molecular weight is 250 g/mol. The standard InChI is InChI=1S/C13H18N2OS/c1-8-5-15(6-9(8)2)13-14-12(10-3-4-10)11(7-16)17-13/h7-10H,3-6H2,1-2H3. The Morgan fingerprint density at radius 1 is 1.29 bits per heavy atom. The lowest BCUT2D eigenvalue weighted by atomic mass is 10.0. The lowest BCUT2D eigenvalue weighted by molar-refractivity contribution is 0.112. The van der Waals surface area contributed by atoms with Gasteiger partial charge in [0.25, 0.3) is 0 Å². The first-order valence-electron chi connectivity index (χ1n) is 6.40. The molecule has 4 heteroatoms. The van der Waals surface area contributed by atoms with Crippen molar-refractivity contribution in [1.82, 2.24) is 4.98 Å². The van der Waals surface area contributed by atoms with Crippen molar-refractivity contribution in [2.75, 3.05) is 18.0 Å². The van der Waals surface area contributed by atoms with Gasteiger partial charge in [-0.05, 0) is 24.7 Å². The van der Waals surface area contributed by atoms with Gasteiger partial charge in [-0.3, -0.25) is 4.79 Å². The van der Waals surface area contributed by atoms with Crippen LogP contribution in [-0.2, 0) is 0 Å². The van der Waals surface area contributed by atoms with Crippen LogP contribution in [0.5, 0.6) is 0 Å². The molecular formula is C13H18N2OS. The fraction of sp³-hybridized carbons (Fsp3) is 0.692. The predicted molar refractivity (Wildman–Crippen MR) is 70.0 cm³/mol. The number of rotatable bonds is 3. The second kappa shape index (κ2) is 4.09. The second-order valence-electron chi connectivity index (χ2n) is 5.50. The topological polar surface area (TPSA) is 33.2 Å². The van der Waals surface area contributed by atoms with Gasteiger partial charge in [-0.2, -0.15) is 0 Å². The van der Waals surface area contributed by atoms with Crippen LogP contribution >= 0.6 is 11.3 Å². The van der Waals surface area contributed by atoms with Crippen LogP contribution in [0, 0.1) is 11.8 Å². The van der Waals surface area contributed by atoms with Crippen molar-refractivity contribution in [3.63, 3.8) is 0 Å². The number of anilines is 1. The molecule has 1 saturated heterocycles. The zero-order valence-electron chi connectivity index (χ0n) is 10.3. The molecule has 0 radical (unpaired) electrons. The van der Waals surface area contributed by atoms with Gasteiger partial charge < -0.3 is 4.90 Å². The summed E-state index contributed by atoms with van der Waals surface area (Å²) in [5, 5.41) is 1.06. The van der Waals surface area contributed by atoms with Gasteiger partial charge in [0.2, 0.25) is 0 Å². The number of aromatic nitrogens is 1. The molecule has 0 amide bonds. The third-order valence-corrected chi connectivity index (χ3v) is 5.06. The lowest BCUT2D eigenvalue weighted by Crippen LogP contribution is -2.19. The highest BCUT2D eigenvalue weighted by Crippen LogP contribution is 2.44. The molecule has 3 nitrogen and oxygen atoms in total. The maximum absolute atomic E-state index is 11.1. The third-order valence-electron chi connectivity index (χ3n) is 4.00. The van der Waals surface area contributed by atoms with Gasteiger partial charge in [0.1, 0.15) is 0 Å². The zero-order valence-corrected chi connectivity index (χ0v) is 11.2. The van der Waals surface area contributed by atoms with Crippen LogP contribution in [0.3, 0.4) is 0 Å². The van der Waals surface area contributed by atoms with E-state index in [1.165, 1.54) is 12.8 Å². The summed E-state index contributed by atoms with van der Waals surface area (Å²) < 4.78 is 0. The monoisotopic (exact) mass is 250 g/mol. The summed E-state index contributed by atoms with van der Waals surface area (Å²) in [5.41, 5.74) is 1.06. The summed E-state index contributed by atoms with van der Waals surface area (Å²) in [6.07, 6.45) is 3.39. The van der Waals surface area contributed by atoms with E-state index >= 15 is 0 Å². The number of thiazole rings is 1. The molecular weight excluding hydrogens is 232 g/mol. The number of hydrogen-bond donors (Lipinski definition) is 0. The van der Waals surface area contributed by atoms with Crippen molar-refractivity contribution >= 4 is 22.8 Å². The molecule has 1 aliphatic heterocycles. The van der Waals surface area contributed by atoms with E-state index in [1.807, 2.05) is 0 Å². The van der Waals surface area contributed by atoms with Crippen molar-refractivity contribution in [3.05, 3.63) is 10.6 Å². The Morgan fingerprint density at radius 2 is 1.94 bits per heavy atom. The number of hydrogen-bond acceptors (Lipinski definition) is 4. The lowest BCUT2D eigenvalue weighted by Gasteiger charge is -2.13. The number of nitrogens with zero attached hydrogens (tertiary/aromatic N) is 2. The molecule has 2 heterocycles. The second-order valence-corrected chi connectivity index (χ2v) is 6.51. The molecule has 0 bridgehead atoms. The molecule has 2 aliphatic rings. The highest BCUT2D eigenvalue weighted by molar-refractivity contribution is 7.17. The van der Waals surface area contributed by atoms with Gasteiger partial charge in [0, 0.05) is 19.0 Å². The van der Waals surface area contributed by atoms with E-state index in [2.05, 4.69) is 18.7 Å². The minimum Gasteiger partial charge on any atom is -0.348 e. The van der Waals surface area contributed by atoms with E-state index in [0.717, 1.165) is 46.9 Å². The van der Waals surface area contributed by atoms with Crippen molar-refractivity contribution in [3.8, 4) is 0 Å². The summed E-state index contributed by atoms with van der Waals surface area (Å²) in [6.45, 7) is 6.75. The maximum atomic E-state index is 11.1. The molecule has 0 spiro atoms. The molecule has 1 aromatic heterocycles. The molecule has 0 aromatic carbocycles. The van der Waals surface area contributed by atoms with E-state index in [0.29, 0.717) is 5.92 Å². The van der Waals surface area contributed by atoms with Crippen LogP contribution in [0.25, 0.3) is 0 Å². The third kappa shape index (κ3) is 1.99. The largest absolute Gasteiger partial charge is 0.348 e. The molecule has 2 fully saturated rings. The highest BCUT2D eigenvalue weighted by atomic mass is 32.1. The zero-order chi connectivity index (χ0) is 12.0. The summed E-state index contributed by atoms with van der Waals surface area (Å²) in [6, 6.07) is 0. The Hall–Kier alpha value is -0.900. The Labute approximate surface area is 106 Å². The van der Waals surface area contributed by atoms with E-state index in [4.69, 9.17) is 4.98 Å². The smallest absolute Gasteiger partial charge is 0.186 e. The SMILES string of the molecule is CC1CN(c2nc(C3CC3)c(C=O)s2)CC1C. The molecule has 2 atom stereocenters. The Bertz CT molecular complexity index is 429. The van der Waals surface area contributed by atoms with Crippen molar-refractivity contribution in [2.45, 2.75) is 32.6 Å². The maximum Gasteiger partial charge on any atom is 0.186 e. The Morgan fingerprint density at radius 3 is 2.47 bits per heavy atom. The summed E-state index contributed by atoms with van der Waals surface area (Å²) >= 11 is 1.58. The van der Waals surface area contributed by atoms with Gasteiger partial charge in [-0.1, -0.05) is 25.2 Å². The summed E-state index contributed by atoms with van der Waals surface area (Å²) in [7, 11) is 0. The molecule has 3 rings (SSSR count). The molecule has 1 saturated carbocycles. The first-order chi connectivity index (χ1) is 8.19. The van der Waals surface area contributed by atoms with Gasteiger partial charge in [-0.25, -0.2) is 4.98 Å². The van der Waals surface area contributed by atoms with Crippen molar-refractivity contribution in [2.24, 2.45) is 11.8 Å². The van der Waals surface area contributed by atoms with Crippen LogP contribution in [0.2, 0.25) is 0 Å². The van der Waals surface area contributed by atoms with Gasteiger partial charge in [0.15, 0.2) is 11.4 Å². The summed E-state index contributed by atoms with van der Waals surface area (Å²) in [4.78, 5) is 19.0. The number of carbonyl (C=O) groups is 1. The quantitative estimate of drug-likeness (QED) is 0.773. The van der Waals surface area contributed by atoms with Crippen molar-refractivity contribution < 1.29 is 4.79 Å². The Kier molecular flexibility index (Phi) is 2.69. The normalized spacial score (nSPS) is 28.7. The molecule has 2 unspecified atom stereocenters. The van der Waals surface area contributed by atoms with Crippen LogP contribution in [0.4, 0.5) is 5.13 Å². The first-order valence-corrected chi connectivity index (χ1v) is 7.21. The van der Waals surface area contributed by atoms with Crippen LogP contribution in [-0.4, -0.2) is 24.4 Å². The predicted octanol–water partition coefficient (Wildman–Crippen LogP) is 2.93. The minimum absolute atomic E-state index is 0.567. The molecule has 0 N–H and O–H groups in total. The van der Waals surface area contributed by atoms with Crippen LogP contribution in [0.1, 0.15) is 48.0 Å². The first kappa shape index (κ1) is 11.2. The van der Waals surface area contributed by atoms with Gasteiger partial charge in [0.05, 0.1) is 10.6 Å². The fourth-order valence-corrected chi connectivity index (χ4v) is 3.47. The number of carbonyl (C=O) groups excluding carboxylic acids is 1. The van der Waals surface area contributed by atoms with E-state index < -0.39 is 0 Å². The molecule has 1 aromatic rings. The summed E-state index contributed by atoms with van der Waals surface area (Å²) in [5.74, 6) is 2.02. The van der Waals surface area contributed by atoms with Crippen LogP contribution in [0.15, 0.2) is 0 Å².